The van der Waals surface area contributed by atoms with Gasteiger partial charge in [-0.25, -0.2) is 0 Å². The van der Waals surface area contributed by atoms with E-state index in [1.807, 2.05) is 0 Å². The van der Waals surface area contributed by atoms with E-state index in [1.54, 1.807) is 0 Å². The fourth-order valence-electron chi connectivity index (χ4n) is 7.51. The minimum Gasteiger partial charge on any atom is -0.462 e. The SMILES string of the molecule is CCCCCCCCCCCCCCCCC(=O)OC[C@H](COC(=O)CCCCCCCCCCC)OC(=O)CCCCCCCCCCCCCCC(C)C. The second-order valence-corrected chi connectivity index (χ2v) is 17.6. The van der Waals surface area contributed by atoms with Crippen molar-refractivity contribution in [1.29, 1.82) is 0 Å². The van der Waals surface area contributed by atoms with Gasteiger partial charge in [0, 0.05) is 19.3 Å². The van der Waals surface area contributed by atoms with E-state index in [0.29, 0.717) is 19.3 Å². The molecule has 0 spiro atoms. The molecular formula is C50H96O6. The maximum absolute atomic E-state index is 12.7. The van der Waals surface area contributed by atoms with Crippen molar-refractivity contribution in [2.45, 2.75) is 284 Å². The van der Waals surface area contributed by atoms with E-state index in [0.717, 1.165) is 63.7 Å². The number of esters is 3. The first-order valence-corrected chi connectivity index (χ1v) is 24.9. The molecule has 0 rings (SSSR count). The Kier molecular flexibility index (Phi) is 43.2. The second kappa shape index (κ2) is 44.5. The van der Waals surface area contributed by atoms with Gasteiger partial charge in [-0.15, -0.1) is 0 Å². The number of carbonyl (C=O) groups excluding carboxylic acids is 3. The number of rotatable bonds is 45. The van der Waals surface area contributed by atoms with Crippen LogP contribution in [0.2, 0.25) is 0 Å². The molecule has 0 unspecified atom stereocenters. The highest BCUT2D eigenvalue weighted by molar-refractivity contribution is 5.71. The number of ether oxygens (including phenoxy) is 3. The molecule has 0 aromatic carbocycles. The van der Waals surface area contributed by atoms with Crippen LogP contribution >= 0.6 is 0 Å². The molecule has 0 amide bonds. The van der Waals surface area contributed by atoms with Crippen molar-refractivity contribution in [2.75, 3.05) is 13.2 Å². The van der Waals surface area contributed by atoms with E-state index < -0.39 is 6.10 Å². The summed E-state index contributed by atoms with van der Waals surface area (Å²) in [7, 11) is 0. The molecule has 0 aliphatic carbocycles. The molecule has 6 heteroatoms. The van der Waals surface area contributed by atoms with Crippen LogP contribution in [0.25, 0.3) is 0 Å². The Morgan fingerprint density at radius 2 is 0.589 bits per heavy atom. The molecule has 0 heterocycles. The Morgan fingerprint density at radius 1 is 0.339 bits per heavy atom. The summed E-state index contributed by atoms with van der Waals surface area (Å²) in [5, 5.41) is 0. The summed E-state index contributed by atoms with van der Waals surface area (Å²) in [5.74, 6) is -0.0173. The van der Waals surface area contributed by atoms with E-state index in [1.165, 1.54) is 173 Å². The summed E-state index contributed by atoms with van der Waals surface area (Å²) >= 11 is 0. The van der Waals surface area contributed by atoms with Crippen LogP contribution in [-0.4, -0.2) is 37.2 Å². The van der Waals surface area contributed by atoms with Gasteiger partial charge in [0.2, 0.25) is 0 Å². The van der Waals surface area contributed by atoms with Crippen LogP contribution in [0.3, 0.4) is 0 Å². The first-order chi connectivity index (χ1) is 27.4. The van der Waals surface area contributed by atoms with Gasteiger partial charge in [-0.2, -0.15) is 0 Å². The Morgan fingerprint density at radius 3 is 0.875 bits per heavy atom. The third kappa shape index (κ3) is 43.5. The summed E-state index contributed by atoms with van der Waals surface area (Å²) in [6, 6.07) is 0. The van der Waals surface area contributed by atoms with Crippen LogP contribution < -0.4 is 0 Å². The minimum atomic E-state index is -0.759. The van der Waals surface area contributed by atoms with Gasteiger partial charge < -0.3 is 14.2 Å². The molecule has 0 aromatic heterocycles. The van der Waals surface area contributed by atoms with Crippen molar-refractivity contribution in [3.8, 4) is 0 Å². The molecule has 0 aliphatic rings. The second-order valence-electron chi connectivity index (χ2n) is 17.6. The first kappa shape index (κ1) is 54.4. The largest absolute Gasteiger partial charge is 0.462 e. The van der Waals surface area contributed by atoms with E-state index in [-0.39, 0.29) is 31.1 Å². The molecule has 0 N–H and O–H groups in total. The maximum atomic E-state index is 12.7. The molecule has 332 valence electrons. The minimum absolute atomic E-state index is 0.0631. The Balaban J connectivity index is 4.28. The van der Waals surface area contributed by atoms with Gasteiger partial charge in [-0.3, -0.25) is 14.4 Å². The van der Waals surface area contributed by atoms with Gasteiger partial charge in [0.05, 0.1) is 0 Å². The topological polar surface area (TPSA) is 78.9 Å². The van der Waals surface area contributed by atoms with Crippen molar-refractivity contribution in [1.82, 2.24) is 0 Å². The Bertz CT molecular complexity index is 841. The lowest BCUT2D eigenvalue weighted by atomic mass is 10.0. The van der Waals surface area contributed by atoms with E-state index in [2.05, 4.69) is 27.7 Å². The Labute approximate surface area is 348 Å². The highest BCUT2D eigenvalue weighted by atomic mass is 16.6. The summed E-state index contributed by atoms with van der Waals surface area (Å²) in [4.78, 5) is 37.8. The smallest absolute Gasteiger partial charge is 0.306 e. The molecule has 0 radical (unpaired) electrons. The van der Waals surface area contributed by atoms with Crippen LogP contribution in [-0.2, 0) is 28.6 Å². The standard InChI is InChI=1S/C50H96O6/c1-5-7-9-11-13-15-16-17-18-22-26-30-34-38-42-49(52)55-45-47(44-54-48(51)41-37-33-29-24-14-12-10-8-6-2)56-50(53)43-39-35-31-27-23-20-19-21-25-28-32-36-40-46(3)4/h46-47H,5-45H2,1-4H3/t47-/m0/s1. The predicted octanol–water partition coefficient (Wildman–Crippen LogP) is 15.9. The molecular weight excluding hydrogens is 697 g/mol. The van der Waals surface area contributed by atoms with Crippen LogP contribution in [0.5, 0.6) is 0 Å². The molecule has 0 bridgehead atoms. The van der Waals surface area contributed by atoms with Crippen LogP contribution in [0, 0.1) is 5.92 Å². The average Bonchev–Trinajstić information content (AvgIpc) is 3.18. The molecule has 0 saturated heterocycles. The van der Waals surface area contributed by atoms with E-state index in [4.69, 9.17) is 14.2 Å². The van der Waals surface area contributed by atoms with Gasteiger partial charge >= 0.3 is 17.9 Å². The lowest BCUT2D eigenvalue weighted by Gasteiger charge is -2.18. The zero-order chi connectivity index (χ0) is 41.0. The molecule has 56 heavy (non-hydrogen) atoms. The molecule has 0 aliphatic heterocycles. The van der Waals surface area contributed by atoms with Crippen molar-refractivity contribution < 1.29 is 28.6 Å². The molecule has 0 saturated carbocycles. The van der Waals surface area contributed by atoms with Crippen LogP contribution in [0.4, 0.5) is 0 Å². The summed E-state index contributed by atoms with van der Waals surface area (Å²) < 4.78 is 16.8. The van der Waals surface area contributed by atoms with Crippen LogP contribution in [0.1, 0.15) is 278 Å². The predicted molar refractivity (Wildman–Crippen MR) is 238 cm³/mol. The maximum Gasteiger partial charge on any atom is 0.306 e. The normalized spacial score (nSPS) is 11.9. The fraction of sp³-hybridized carbons (Fsp3) is 0.940. The number of hydrogen-bond acceptors (Lipinski definition) is 6. The zero-order valence-electron chi connectivity index (χ0n) is 38.1. The van der Waals surface area contributed by atoms with Crippen LogP contribution in [0.15, 0.2) is 0 Å². The van der Waals surface area contributed by atoms with Gasteiger partial charge in [0.1, 0.15) is 13.2 Å². The van der Waals surface area contributed by atoms with E-state index in [9.17, 15) is 14.4 Å². The lowest BCUT2D eigenvalue weighted by molar-refractivity contribution is -0.167. The monoisotopic (exact) mass is 793 g/mol. The highest BCUT2D eigenvalue weighted by Gasteiger charge is 2.19. The molecule has 1 atom stereocenters. The van der Waals surface area contributed by atoms with Gasteiger partial charge in [-0.1, -0.05) is 240 Å². The highest BCUT2D eigenvalue weighted by Crippen LogP contribution is 2.17. The van der Waals surface area contributed by atoms with Crippen molar-refractivity contribution in [3.05, 3.63) is 0 Å². The van der Waals surface area contributed by atoms with Gasteiger partial charge in [0.25, 0.3) is 0 Å². The van der Waals surface area contributed by atoms with Gasteiger partial charge in [-0.05, 0) is 25.2 Å². The summed E-state index contributed by atoms with van der Waals surface area (Å²) in [6.45, 7) is 9.00. The average molecular weight is 793 g/mol. The fourth-order valence-corrected chi connectivity index (χ4v) is 7.51. The number of carbonyl (C=O) groups is 3. The van der Waals surface area contributed by atoms with Crippen molar-refractivity contribution >= 4 is 17.9 Å². The summed E-state index contributed by atoms with van der Waals surface area (Å²) in [5.41, 5.74) is 0. The third-order valence-electron chi connectivity index (χ3n) is 11.3. The third-order valence-corrected chi connectivity index (χ3v) is 11.3. The summed E-state index contributed by atoms with van der Waals surface area (Å²) in [6.07, 6.45) is 45.1. The number of hydrogen-bond donors (Lipinski definition) is 0. The molecule has 0 aromatic rings. The molecule has 6 nitrogen and oxygen atoms in total. The van der Waals surface area contributed by atoms with Gasteiger partial charge in [0.15, 0.2) is 6.10 Å². The number of unbranched alkanes of at least 4 members (excludes halogenated alkanes) is 32. The first-order valence-electron chi connectivity index (χ1n) is 24.9. The molecule has 0 fully saturated rings. The van der Waals surface area contributed by atoms with Crippen molar-refractivity contribution in [2.24, 2.45) is 5.92 Å². The van der Waals surface area contributed by atoms with Crippen molar-refractivity contribution in [3.63, 3.8) is 0 Å². The lowest BCUT2D eigenvalue weighted by Crippen LogP contribution is -2.30. The quantitative estimate of drug-likeness (QED) is 0.0347. The van der Waals surface area contributed by atoms with E-state index >= 15 is 0 Å². The Hall–Kier alpha value is -1.59. The zero-order valence-corrected chi connectivity index (χ0v) is 38.1.